The molecule has 1 aromatic rings. The summed E-state index contributed by atoms with van der Waals surface area (Å²) >= 11 is 0. The molecule has 30 heavy (non-hydrogen) atoms. The van der Waals surface area contributed by atoms with Crippen molar-refractivity contribution in [1.29, 1.82) is 0 Å². The largest absolute Gasteiger partial charge is 0.389 e. The van der Waals surface area contributed by atoms with Crippen LogP contribution in [0.2, 0.25) is 0 Å². The summed E-state index contributed by atoms with van der Waals surface area (Å²) in [4.78, 5) is 9.17. The molecule has 1 heterocycles. The topological polar surface area (TPSA) is 60.3 Å². The van der Waals surface area contributed by atoms with Crippen LogP contribution in [0.5, 0.6) is 0 Å². The molecule has 1 unspecified atom stereocenters. The van der Waals surface area contributed by atoms with Gasteiger partial charge in [-0.25, -0.2) is 0 Å². The van der Waals surface area contributed by atoms with E-state index in [1.54, 1.807) is 0 Å². The third-order valence-corrected chi connectivity index (χ3v) is 4.99. The lowest BCUT2D eigenvalue weighted by Gasteiger charge is -2.29. The number of benzene rings is 1. The van der Waals surface area contributed by atoms with E-state index >= 15 is 0 Å². The number of nitrogens with zero attached hydrogens (tertiary/aromatic N) is 3. The average molecular weight is 533 g/mol. The minimum absolute atomic E-state index is 0. The Hall–Kier alpha value is -1.06. The summed E-state index contributed by atoms with van der Waals surface area (Å²) < 4.78 is 5.51. The molecule has 0 aromatic heterocycles. The van der Waals surface area contributed by atoms with E-state index in [4.69, 9.17) is 4.74 Å². The van der Waals surface area contributed by atoms with Crippen LogP contribution in [-0.4, -0.2) is 68.5 Å². The van der Waals surface area contributed by atoms with Gasteiger partial charge >= 0.3 is 0 Å². The Morgan fingerprint density at radius 3 is 2.43 bits per heavy atom. The van der Waals surface area contributed by atoms with E-state index in [-0.39, 0.29) is 24.0 Å². The molecule has 2 rings (SSSR count). The number of aliphatic hydroxyl groups is 1. The highest BCUT2D eigenvalue weighted by molar-refractivity contribution is 14.0. The number of anilines is 1. The molecule has 1 saturated heterocycles. The molecule has 0 saturated carbocycles. The molecule has 0 aliphatic carbocycles. The monoisotopic (exact) mass is 532 g/mol. The van der Waals surface area contributed by atoms with Gasteiger partial charge in [0.05, 0.1) is 19.3 Å². The Labute approximate surface area is 200 Å². The predicted octanol–water partition coefficient (Wildman–Crippen LogP) is 3.73. The van der Waals surface area contributed by atoms with Gasteiger partial charge in [0, 0.05) is 45.5 Å². The molecule has 1 aliphatic heterocycles. The lowest BCUT2D eigenvalue weighted by Crippen LogP contribution is -2.39. The van der Waals surface area contributed by atoms with Gasteiger partial charge in [-0.15, -0.1) is 24.0 Å². The van der Waals surface area contributed by atoms with Crippen LogP contribution in [0, 0.1) is 5.92 Å². The summed E-state index contributed by atoms with van der Waals surface area (Å²) in [6.07, 6.45) is 3.35. The van der Waals surface area contributed by atoms with Crippen LogP contribution in [-0.2, 0) is 11.3 Å². The van der Waals surface area contributed by atoms with Gasteiger partial charge in [0.2, 0.25) is 0 Å². The third kappa shape index (κ3) is 9.83. The first kappa shape index (κ1) is 27.0. The fraction of sp³-hybridized carbons (Fsp3) is 0.696. The highest BCUT2D eigenvalue weighted by atomic mass is 127. The van der Waals surface area contributed by atoms with Gasteiger partial charge in [-0.05, 0) is 49.8 Å². The van der Waals surface area contributed by atoms with Crippen LogP contribution in [0.3, 0.4) is 0 Å². The standard InChI is InChI=1S/C23H40N4O2.HI/c1-5-24-23(25-15-22(28)18-29-17-19(2)3)26(4)16-20-9-11-21(12-10-20)27-13-7-6-8-14-27;/h9-12,19,22,28H,5-8,13-18H2,1-4H3,(H,24,25);1H. The van der Waals surface area contributed by atoms with E-state index < -0.39 is 6.10 Å². The first-order valence-electron chi connectivity index (χ1n) is 11.1. The molecule has 1 fully saturated rings. The van der Waals surface area contributed by atoms with E-state index in [1.165, 1.54) is 43.6 Å². The van der Waals surface area contributed by atoms with E-state index in [0.717, 1.165) is 19.0 Å². The number of piperidine rings is 1. The molecule has 1 aromatic carbocycles. The fourth-order valence-electron chi connectivity index (χ4n) is 3.47. The second-order valence-corrected chi connectivity index (χ2v) is 8.35. The van der Waals surface area contributed by atoms with Gasteiger partial charge in [-0.2, -0.15) is 0 Å². The molecule has 1 aliphatic rings. The molecular weight excluding hydrogens is 491 g/mol. The lowest BCUT2D eigenvalue weighted by atomic mass is 10.1. The minimum Gasteiger partial charge on any atom is -0.389 e. The Bertz CT molecular complexity index is 604. The zero-order valence-electron chi connectivity index (χ0n) is 19.1. The van der Waals surface area contributed by atoms with Crippen LogP contribution >= 0.6 is 24.0 Å². The summed E-state index contributed by atoms with van der Waals surface area (Å²) in [6, 6.07) is 8.87. The number of ether oxygens (including phenoxy) is 1. The van der Waals surface area contributed by atoms with Gasteiger partial charge in [-0.1, -0.05) is 26.0 Å². The Balaban J connectivity index is 0.00000450. The van der Waals surface area contributed by atoms with E-state index in [9.17, 15) is 5.11 Å². The van der Waals surface area contributed by atoms with Crippen molar-refractivity contribution in [2.24, 2.45) is 10.9 Å². The number of hydrogen-bond acceptors (Lipinski definition) is 4. The first-order valence-corrected chi connectivity index (χ1v) is 11.1. The number of aliphatic imine (C=N–C) groups is 1. The van der Waals surface area contributed by atoms with E-state index in [0.29, 0.717) is 25.7 Å². The normalized spacial score (nSPS) is 15.7. The predicted molar refractivity (Wildman–Crippen MR) is 137 cm³/mol. The zero-order chi connectivity index (χ0) is 21.1. The van der Waals surface area contributed by atoms with Crippen molar-refractivity contribution in [2.75, 3.05) is 51.3 Å². The maximum atomic E-state index is 10.1. The second kappa shape index (κ2) is 14.9. The molecule has 2 N–H and O–H groups in total. The van der Waals surface area contributed by atoms with Gasteiger partial charge in [0.15, 0.2) is 5.96 Å². The van der Waals surface area contributed by atoms with Gasteiger partial charge in [0.25, 0.3) is 0 Å². The maximum absolute atomic E-state index is 10.1. The SMILES string of the molecule is CCNC(=NCC(O)COCC(C)C)N(C)Cc1ccc(N2CCCCC2)cc1.I. The van der Waals surface area contributed by atoms with Crippen LogP contribution in [0.4, 0.5) is 5.69 Å². The molecule has 0 amide bonds. The summed E-state index contributed by atoms with van der Waals surface area (Å²) in [5, 5.41) is 13.4. The van der Waals surface area contributed by atoms with Crippen molar-refractivity contribution < 1.29 is 9.84 Å². The first-order chi connectivity index (χ1) is 14.0. The van der Waals surface area contributed by atoms with Crippen molar-refractivity contribution in [3.63, 3.8) is 0 Å². The number of nitrogens with one attached hydrogen (secondary N) is 1. The third-order valence-electron chi connectivity index (χ3n) is 4.99. The lowest BCUT2D eigenvalue weighted by molar-refractivity contribution is 0.0300. The molecule has 172 valence electrons. The van der Waals surface area contributed by atoms with Crippen LogP contribution < -0.4 is 10.2 Å². The Kier molecular flexibility index (Phi) is 13.4. The average Bonchev–Trinajstić information content (AvgIpc) is 2.72. The van der Waals surface area contributed by atoms with Crippen molar-refractivity contribution >= 4 is 35.6 Å². The quantitative estimate of drug-likeness (QED) is 0.273. The summed E-state index contributed by atoms with van der Waals surface area (Å²) in [6.45, 7) is 11.5. The number of guanidine groups is 1. The number of halogens is 1. The minimum atomic E-state index is -0.584. The van der Waals surface area contributed by atoms with Gasteiger partial charge < -0.3 is 25.0 Å². The summed E-state index contributed by atoms with van der Waals surface area (Å²) in [5.41, 5.74) is 2.57. The molecule has 0 bridgehead atoms. The van der Waals surface area contributed by atoms with Crippen molar-refractivity contribution in [1.82, 2.24) is 10.2 Å². The second-order valence-electron chi connectivity index (χ2n) is 8.35. The van der Waals surface area contributed by atoms with Gasteiger partial charge in [0.1, 0.15) is 0 Å². The fourth-order valence-corrected chi connectivity index (χ4v) is 3.47. The zero-order valence-corrected chi connectivity index (χ0v) is 21.5. The number of hydrogen-bond donors (Lipinski definition) is 2. The molecule has 0 radical (unpaired) electrons. The Morgan fingerprint density at radius 2 is 1.83 bits per heavy atom. The van der Waals surface area contributed by atoms with Crippen LogP contribution in [0.1, 0.15) is 45.6 Å². The van der Waals surface area contributed by atoms with Crippen LogP contribution in [0.25, 0.3) is 0 Å². The van der Waals surface area contributed by atoms with Crippen molar-refractivity contribution in [2.45, 2.75) is 52.7 Å². The highest BCUT2D eigenvalue weighted by Crippen LogP contribution is 2.20. The molecule has 7 heteroatoms. The molecular formula is C23H41IN4O2. The summed E-state index contributed by atoms with van der Waals surface area (Å²) in [5.74, 6) is 1.27. The molecule has 6 nitrogen and oxygen atoms in total. The van der Waals surface area contributed by atoms with Crippen molar-refractivity contribution in [3.05, 3.63) is 29.8 Å². The van der Waals surface area contributed by atoms with Crippen molar-refractivity contribution in [3.8, 4) is 0 Å². The summed E-state index contributed by atoms with van der Waals surface area (Å²) in [7, 11) is 2.03. The number of aliphatic hydroxyl groups excluding tert-OH is 1. The Morgan fingerprint density at radius 1 is 1.17 bits per heavy atom. The van der Waals surface area contributed by atoms with E-state index in [2.05, 4.69) is 65.1 Å². The highest BCUT2D eigenvalue weighted by Gasteiger charge is 2.12. The van der Waals surface area contributed by atoms with Gasteiger partial charge in [-0.3, -0.25) is 4.99 Å². The molecule has 1 atom stereocenters. The molecule has 0 spiro atoms. The maximum Gasteiger partial charge on any atom is 0.194 e. The smallest absolute Gasteiger partial charge is 0.194 e. The number of rotatable bonds is 10. The van der Waals surface area contributed by atoms with Crippen LogP contribution in [0.15, 0.2) is 29.3 Å². The van der Waals surface area contributed by atoms with E-state index in [1.807, 2.05) is 7.05 Å².